The van der Waals surface area contributed by atoms with Gasteiger partial charge in [-0.1, -0.05) is 23.7 Å². The Morgan fingerprint density at radius 3 is 2.57 bits per heavy atom. The molecular weight excluding hydrogens is 210 g/mol. The van der Waals surface area contributed by atoms with Crippen LogP contribution in [0.25, 0.3) is 0 Å². The summed E-state index contributed by atoms with van der Waals surface area (Å²) in [7, 11) is 0. The van der Waals surface area contributed by atoms with Crippen molar-refractivity contribution in [1.82, 2.24) is 0 Å². The third-order valence-corrected chi connectivity index (χ3v) is 2.23. The van der Waals surface area contributed by atoms with Gasteiger partial charge in [0.05, 0.1) is 5.02 Å². The van der Waals surface area contributed by atoms with E-state index in [4.69, 9.17) is 16.7 Å². The van der Waals surface area contributed by atoms with E-state index in [1.165, 1.54) is 6.07 Å². The lowest BCUT2D eigenvalue weighted by atomic mass is 10.0. The zero-order chi connectivity index (χ0) is 10.8. The van der Waals surface area contributed by atoms with Crippen molar-refractivity contribution >= 4 is 11.6 Å². The maximum atomic E-state index is 13.1. The number of halogens is 3. The fourth-order valence-electron chi connectivity index (χ4n) is 1.39. The largest absolute Gasteiger partial charge is 0.396 e. The molecule has 14 heavy (non-hydrogen) atoms. The Bertz CT molecular complexity index is 320. The first-order valence-corrected chi connectivity index (χ1v) is 4.61. The highest BCUT2D eigenvalue weighted by molar-refractivity contribution is 6.31. The molecule has 0 aromatic heterocycles. The molecule has 0 heterocycles. The summed E-state index contributed by atoms with van der Waals surface area (Å²) in [5, 5.41) is 8.76. The van der Waals surface area contributed by atoms with E-state index < -0.39 is 5.92 Å². The van der Waals surface area contributed by atoms with Gasteiger partial charge in [-0.15, -0.1) is 0 Å². The van der Waals surface area contributed by atoms with Crippen molar-refractivity contribution in [2.75, 3.05) is 6.61 Å². The van der Waals surface area contributed by atoms with Crippen LogP contribution in [0.3, 0.4) is 0 Å². The lowest BCUT2D eigenvalue weighted by molar-refractivity contribution is 0.0165. The quantitative estimate of drug-likeness (QED) is 0.830. The zero-order valence-electron chi connectivity index (χ0n) is 7.73. The van der Waals surface area contributed by atoms with Crippen LogP contribution in [0.5, 0.6) is 0 Å². The molecule has 1 aromatic carbocycles. The van der Waals surface area contributed by atoms with E-state index in [0.29, 0.717) is 5.56 Å². The van der Waals surface area contributed by atoms with E-state index in [2.05, 4.69) is 0 Å². The molecule has 0 bridgehead atoms. The van der Waals surface area contributed by atoms with Gasteiger partial charge in [0.25, 0.3) is 5.92 Å². The fraction of sp³-hybridized carbons (Fsp3) is 0.400. The van der Waals surface area contributed by atoms with E-state index in [-0.39, 0.29) is 23.6 Å². The summed E-state index contributed by atoms with van der Waals surface area (Å²) in [6.07, 6.45) is 0.194. The molecule has 0 aliphatic rings. The SMILES string of the molecule is CC(F)(F)c1c(Cl)cccc1CCO. The summed E-state index contributed by atoms with van der Waals surface area (Å²) in [6.45, 7) is 0.637. The topological polar surface area (TPSA) is 20.2 Å². The van der Waals surface area contributed by atoms with Gasteiger partial charge in [-0.25, -0.2) is 8.78 Å². The summed E-state index contributed by atoms with van der Waals surface area (Å²) in [5.41, 5.74) is 0.211. The molecule has 0 saturated heterocycles. The molecule has 1 nitrogen and oxygen atoms in total. The van der Waals surface area contributed by atoms with Crippen LogP contribution in [0.2, 0.25) is 5.02 Å². The predicted octanol–water partition coefficient (Wildman–Crippen LogP) is 2.99. The number of hydrogen-bond acceptors (Lipinski definition) is 1. The molecule has 0 radical (unpaired) electrons. The van der Waals surface area contributed by atoms with Crippen LogP contribution in [0.15, 0.2) is 18.2 Å². The van der Waals surface area contributed by atoms with E-state index in [1.54, 1.807) is 12.1 Å². The summed E-state index contributed by atoms with van der Waals surface area (Å²) < 4.78 is 26.3. The Labute approximate surface area is 86.3 Å². The number of rotatable bonds is 3. The lowest BCUT2D eigenvalue weighted by Gasteiger charge is -2.16. The second kappa shape index (κ2) is 4.24. The van der Waals surface area contributed by atoms with Gasteiger partial charge in [-0.05, 0) is 18.1 Å². The molecule has 0 unspecified atom stereocenters. The third kappa shape index (κ3) is 2.42. The molecule has 4 heteroatoms. The fourth-order valence-corrected chi connectivity index (χ4v) is 1.75. The summed E-state index contributed by atoms with van der Waals surface area (Å²) in [5.74, 6) is -2.97. The molecule has 0 amide bonds. The van der Waals surface area contributed by atoms with Crippen molar-refractivity contribution < 1.29 is 13.9 Å². The predicted molar refractivity (Wildman–Crippen MR) is 51.8 cm³/mol. The number of alkyl halides is 2. The number of hydrogen-bond donors (Lipinski definition) is 1. The van der Waals surface area contributed by atoms with Gasteiger partial charge in [-0.2, -0.15) is 0 Å². The molecule has 0 saturated carbocycles. The van der Waals surface area contributed by atoms with Crippen molar-refractivity contribution in [3.05, 3.63) is 34.3 Å². The molecule has 1 rings (SSSR count). The Hall–Kier alpha value is -0.670. The van der Waals surface area contributed by atoms with E-state index in [0.717, 1.165) is 6.92 Å². The molecule has 78 valence electrons. The third-order valence-electron chi connectivity index (χ3n) is 1.92. The van der Waals surface area contributed by atoms with Gasteiger partial charge < -0.3 is 5.11 Å². The Kier molecular flexibility index (Phi) is 3.45. The van der Waals surface area contributed by atoms with Crippen LogP contribution >= 0.6 is 11.6 Å². The molecular formula is C10H11ClF2O. The van der Waals surface area contributed by atoms with Crippen LogP contribution in [-0.2, 0) is 12.3 Å². The van der Waals surface area contributed by atoms with Crippen LogP contribution in [0, 0.1) is 0 Å². The number of aliphatic hydroxyl groups excluding tert-OH is 1. The van der Waals surface area contributed by atoms with Gasteiger partial charge >= 0.3 is 0 Å². The summed E-state index contributed by atoms with van der Waals surface area (Å²) in [4.78, 5) is 0. The zero-order valence-corrected chi connectivity index (χ0v) is 8.48. The summed E-state index contributed by atoms with van der Waals surface area (Å²) >= 11 is 5.69. The Morgan fingerprint density at radius 2 is 2.07 bits per heavy atom. The minimum absolute atomic E-state index is 0.0449. The van der Waals surface area contributed by atoms with Crippen molar-refractivity contribution in [2.45, 2.75) is 19.3 Å². The van der Waals surface area contributed by atoms with Crippen LogP contribution in [0.1, 0.15) is 18.1 Å². The molecule has 0 atom stereocenters. The van der Waals surface area contributed by atoms with Crippen molar-refractivity contribution in [3.63, 3.8) is 0 Å². The molecule has 0 spiro atoms. The highest BCUT2D eigenvalue weighted by Crippen LogP contribution is 2.35. The van der Waals surface area contributed by atoms with Crippen LogP contribution < -0.4 is 0 Å². The highest BCUT2D eigenvalue weighted by atomic mass is 35.5. The average molecular weight is 221 g/mol. The lowest BCUT2D eigenvalue weighted by Crippen LogP contribution is -2.12. The van der Waals surface area contributed by atoms with Gasteiger partial charge in [-0.3, -0.25) is 0 Å². The van der Waals surface area contributed by atoms with Gasteiger partial charge in [0.1, 0.15) is 0 Å². The van der Waals surface area contributed by atoms with Crippen LogP contribution in [0.4, 0.5) is 8.78 Å². The smallest absolute Gasteiger partial charge is 0.272 e. The Balaban J connectivity index is 3.22. The van der Waals surface area contributed by atoms with E-state index in [1.807, 2.05) is 0 Å². The minimum Gasteiger partial charge on any atom is -0.396 e. The maximum absolute atomic E-state index is 13.1. The van der Waals surface area contributed by atoms with Crippen LogP contribution in [-0.4, -0.2) is 11.7 Å². The van der Waals surface area contributed by atoms with Gasteiger partial charge in [0, 0.05) is 19.1 Å². The second-order valence-corrected chi connectivity index (χ2v) is 3.54. The number of aliphatic hydroxyl groups is 1. The second-order valence-electron chi connectivity index (χ2n) is 3.14. The molecule has 0 aliphatic carbocycles. The maximum Gasteiger partial charge on any atom is 0.272 e. The summed E-state index contributed by atoms with van der Waals surface area (Å²) in [6, 6.07) is 4.58. The minimum atomic E-state index is -2.97. The molecule has 1 aromatic rings. The first-order valence-electron chi connectivity index (χ1n) is 4.23. The van der Waals surface area contributed by atoms with E-state index in [9.17, 15) is 8.78 Å². The average Bonchev–Trinajstić information content (AvgIpc) is 2.02. The normalized spacial score (nSPS) is 11.8. The molecule has 0 fully saturated rings. The van der Waals surface area contributed by atoms with E-state index >= 15 is 0 Å². The first kappa shape index (κ1) is 11.4. The first-order chi connectivity index (χ1) is 6.46. The Morgan fingerprint density at radius 1 is 1.43 bits per heavy atom. The standard InChI is InChI=1S/C10H11ClF2O/c1-10(12,13)9-7(5-6-14)3-2-4-8(9)11/h2-4,14H,5-6H2,1H3. The molecule has 1 N–H and O–H groups in total. The van der Waals surface area contributed by atoms with Crippen molar-refractivity contribution in [3.8, 4) is 0 Å². The number of benzene rings is 1. The van der Waals surface area contributed by atoms with Gasteiger partial charge in [0.2, 0.25) is 0 Å². The van der Waals surface area contributed by atoms with Gasteiger partial charge in [0.15, 0.2) is 0 Å². The highest BCUT2D eigenvalue weighted by Gasteiger charge is 2.29. The van der Waals surface area contributed by atoms with Crippen molar-refractivity contribution in [2.24, 2.45) is 0 Å². The van der Waals surface area contributed by atoms with Crippen molar-refractivity contribution in [1.29, 1.82) is 0 Å². The monoisotopic (exact) mass is 220 g/mol. The molecule has 0 aliphatic heterocycles.